The Morgan fingerprint density at radius 3 is 1.55 bits per heavy atom. The van der Waals surface area contributed by atoms with Gasteiger partial charge in [-0.15, -0.1) is 0 Å². The van der Waals surface area contributed by atoms with Gasteiger partial charge >= 0.3 is 0 Å². The quantitative estimate of drug-likeness (QED) is 0.528. The Labute approximate surface area is 73.4 Å². The zero-order valence-corrected chi connectivity index (χ0v) is 7.82. The van der Waals surface area contributed by atoms with Crippen molar-refractivity contribution in [2.75, 3.05) is 0 Å². The molecule has 0 nitrogen and oxygen atoms in total. The number of hydrogen-bond donors (Lipinski definition) is 0. The first-order valence-corrected chi connectivity index (χ1v) is 4.81. The van der Waals surface area contributed by atoms with Crippen molar-refractivity contribution >= 4 is 0 Å². The number of hydrogen-bond acceptors (Lipinski definition) is 0. The van der Waals surface area contributed by atoms with E-state index < -0.39 is 0 Å². The summed E-state index contributed by atoms with van der Waals surface area (Å²) in [6.45, 7) is 6.92. The average Bonchev–Trinajstić information content (AvgIpc) is 1.97. The summed E-state index contributed by atoms with van der Waals surface area (Å²) in [6.07, 6.45) is 8.44. The second-order valence-corrected chi connectivity index (χ2v) is 3.39. The second-order valence-electron chi connectivity index (χ2n) is 3.39. The van der Waals surface area contributed by atoms with Crippen molar-refractivity contribution in [3.8, 4) is 0 Å². The van der Waals surface area contributed by atoms with Crippen molar-refractivity contribution in [3.05, 3.63) is 0 Å². The van der Waals surface area contributed by atoms with Gasteiger partial charge in [-0.25, -0.2) is 0 Å². The molecule has 0 saturated heterocycles. The Morgan fingerprint density at radius 2 is 1.27 bits per heavy atom. The van der Waals surface area contributed by atoms with Crippen LogP contribution in [0.4, 0.5) is 0 Å². The minimum Gasteiger partial charge on any atom is -0.0776 e. The number of unbranched alkanes of at least 4 members (excludes halogenated alkanes) is 2. The highest BCUT2D eigenvalue weighted by Gasteiger charge is 1.98. The van der Waals surface area contributed by atoms with Crippen molar-refractivity contribution in [3.63, 3.8) is 0 Å². The van der Waals surface area contributed by atoms with Gasteiger partial charge in [-0.05, 0) is 5.92 Å². The summed E-state index contributed by atoms with van der Waals surface area (Å²) >= 11 is 0. The lowest BCUT2D eigenvalue weighted by molar-refractivity contribution is 0.454. The third-order valence-electron chi connectivity index (χ3n) is 2.10. The van der Waals surface area contributed by atoms with Crippen molar-refractivity contribution < 1.29 is 0 Å². The molecule has 11 heavy (non-hydrogen) atoms. The molecule has 0 fully saturated rings. The van der Waals surface area contributed by atoms with Crippen LogP contribution >= 0.6 is 0 Å². The molecule has 0 aliphatic rings. The standard InChI is InChI=1S/C10H22.CH4/c1-4-6-8-10(3)9-7-5-2;/h10H,4-9H2,1-3H3;1H4. The van der Waals surface area contributed by atoms with E-state index in [2.05, 4.69) is 20.8 Å². The Morgan fingerprint density at radius 1 is 0.909 bits per heavy atom. The summed E-state index contributed by atoms with van der Waals surface area (Å²) in [7, 11) is 0. The van der Waals surface area contributed by atoms with Gasteiger partial charge in [0.25, 0.3) is 0 Å². The monoisotopic (exact) mass is 158 g/mol. The molecule has 0 aromatic heterocycles. The fourth-order valence-corrected chi connectivity index (χ4v) is 1.25. The third kappa shape index (κ3) is 10.0. The van der Waals surface area contributed by atoms with Gasteiger partial charge in [0.1, 0.15) is 0 Å². The fraction of sp³-hybridized carbons (Fsp3) is 1.00. The Bertz CT molecular complexity index is 49.1. The summed E-state index contributed by atoms with van der Waals surface area (Å²) in [5.41, 5.74) is 0. The molecular formula is C11H26. The molecule has 70 valence electrons. The average molecular weight is 158 g/mol. The second kappa shape index (κ2) is 10.0. The molecule has 0 spiro atoms. The van der Waals surface area contributed by atoms with Crippen LogP contribution in [-0.4, -0.2) is 0 Å². The molecule has 0 heteroatoms. The van der Waals surface area contributed by atoms with Gasteiger partial charge in [-0.3, -0.25) is 0 Å². The molecular weight excluding hydrogens is 132 g/mol. The predicted octanol–water partition coefficient (Wildman–Crippen LogP) is 4.64. The van der Waals surface area contributed by atoms with Crippen LogP contribution in [-0.2, 0) is 0 Å². The van der Waals surface area contributed by atoms with E-state index in [0.29, 0.717) is 0 Å². The maximum absolute atomic E-state index is 2.38. The SMILES string of the molecule is C.CCCCC(C)CCCC. The lowest BCUT2D eigenvalue weighted by atomic mass is 9.98. The van der Waals surface area contributed by atoms with Crippen LogP contribution < -0.4 is 0 Å². The van der Waals surface area contributed by atoms with Crippen LogP contribution in [0.1, 0.15) is 66.7 Å². The van der Waals surface area contributed by atoms with Crippen molar-refractivity contribution in [2.24, 2.45) is 5.92 Å². The van der Waals surface area contributed by atoms with Gasteiger partial charge in [-0.1, -0.05) is 66.7 Å². The Balaban J connectivity index is 0. The lowest BCUT2D eigenvalue weighted by Gasteiger charge is -2.08. The zero-order chi connectivity index (χ0) is 7.82. The molecule has 0 N–H and O–H groups in total. The molecule has 0 saturated carbocycles. The molecule has 0 unspecified atom stereocenters. The summed E-state index contributed by atoms with van der Waals surface area (Å²) < 4.78 is 0. The van der Waals surface area contributed by atoms with Gasteiger partial charge in [0.2, 0.25) is 0 Å². The van der Waals surface area contributed by atoms with Crippen LogP contribution in [0.25, 0.3) is 0 Å². The third-order valence-corrected chi connectivity index (χ3v) is 2.10. The predicted molar refractivity (Wildman–Crippen MR) is 54.9 cm³/mol. The molecule has 0 atom stereocenters. The van der Waals surface area contributed by atoms with Crippen molar-refractivity contribution in [2.45, 2.75) is 66.7 Å². The fourth-order valence-electron chi connectivity index (χ4n) is 1.25. The van der Waals surface area contributed by atoms with E-state index in [-0.39, 0.29) is 7.43 Å². The highest BCUT2D eigenvalue weighted by Crippen LogP contribution is 2.14. The van der Waals surface area contributed by atoms with Crippen LogP contribution in [0.2, 0.25) is 0 Å². The normalized spacial score (nSPS) is 9.82. The van der Waals surface area contributed by atoms with Crippen molar-refractivity contribution in [1.29, 1.82) is 0 Å². The van der Waals surface area contributed by atoms with Crippen LogP contribution in [0.3, 0.4) is 0 Å². The first-order valence-electron chi connectivity index (χ1n) is 4.81. The van der Waals surface area contributed by atoms with E-state index in [1.165, 1.54) is 38.5 Å². The summed E-state index contributed by atoms with van der Waals surface area (Å²) in [5.74, 6) is 0.972. The van der Waals surface area contributed by atoms with Crippen molar-refractivity contribution in [1.82, 2.24) is 0 Å². The van der Waals surface area contributed by atoms with E-state index in [1.807, 2.05) is 0 Å². The highest BCUT2D eigenvalue weighted by atomic mass is 14.0. The van der Waals surface area contributed by atoms with Gasteiger partial charge < -0.3 is 0 Å². The Hall–Kier alpha value is 0. The smallest absolute Gasteiger partial charge is 0.0443 e. The van der Waals surface area contributed by atoms with Gasteiger partial charge in [0, 0.05) is 0 Å². The largest absolute Gasteiger partial charge is 0.0776 e. The molecule has 0 aliphatic carbocycles. The van der Waals surface area contributed by atoms with Gasteiger partial charge in [-0.2, -0.15) is 0 Å². The van der Waals surface area contributed by atoms with Crippen LogP contribution in [0.5, 0.6) is 0 Å². The van der Waals surface area contributed by atoms with E-state index >= 15 is 0 Å². The minimum atomic E-state index is 0. The van der Waals surface area contributed by atoms with Crippen LogP contribution in [0, 0.1) is 5.92 Å². The Kier molecular flexibility index (Phi) is 12.3. The van der Waals surface area contributed by atoms with E-state index in [1.54, 1.807) is 0 Å². The molecule has 0 aromatic carbocycles. The number of rotatable bonds is 6. The van der Waals surface area contributed by atoms with Gasteiger partial charge in [0.05, 0.1) is 0 Å². The van der Waals surface area contributed by atoms with Gasteiger partial charge in [0.15, 0.2) is 0 Å². The van der Waals surface area contributed by atoms with E-state index in [9.17, 15) is 0 Å². The molecule has 0 amide bonds. The molecule has 0 heterocycles. The maximum Gasteiger partial charge on any atom is -0.0443 e. The first-order chi connectivity index (χ1) is 4.81. The molecule has 0 rings (SSSR count). The van der Waals surface area contributed by atoms with E-state index in [0.717, 1.165) is 5.92 Å². The molecule has 0 aliphatic heterocycles. The highest BCUT2D eigenvalue weighted by molar-refractivity contribution is 4.52. The summed E-state index contributed by atoms with van der Waals surface area (Å²) in [4.78, 5) is 0. The molecule has 0 radical (unpaired) electrons. The molecule has 0 bridgehead atoms. The molecule has 0 aromatic rings. The van der Waals surface area contributed by atoms with Crippen LogP contribution in [0.15, 0.2) is 0 Å². The lowest BCUT2D eigenvalue weighted by Crippen LogP contribution is -1.93. The summed E-state index contributed by atoms with van der Waals surface area (Å²) in [6, 6.07) is 0. The first kappa shape index (κ1) is 13.6. The zero-order valence-electron chi connectivity index (χ0n) is 7.82. The topological polar surface area (TPSA) is 0 Å². The maximum atomic E-state index is 2.38. The van der Waals surface area contributed by atoms with E-state index in [4.69, 9.17) is 0 Å². The minimum absolute atomic E-state index is 0. The summed E-state index contributed by atoms with van der Waals surface area (Å²) in [5, 5.41) is 0.